The standard InChI is InChI=1S/C10H10N4O3/c11-7-3-6(10(15)16)1-2-8(7)12-4-9-13-5-17-14-9/h1-3,5,12H,4,11H2,(H,15,16). The highest BCUT2D eigenvalue weighted by atomic mass is 16.5. The van der Waals surface area contributed by atoms with Crippen LogP contribution in [0.5, 0.6) is 0 Å². The Labute approximate surface area is 96.2 Å². The smallest absolute Gasteiger partial charge is 0.335 e. The fourth-order valence-electron chi connectivity index (χ4n) is 1.30. The van der Waals surface area contributed by atoms with Crippen molar-refractivity contribution in [3.8, 4) is 0 Å². The Morgan fingerprint density at radius 1 is 1.53 bits per heavy atom. The number of nitrogens with two attached hydrogens (primary N) is 1. The zero-order valence-corrected chi connectivity index (χ0v) is 8.75. The number of anilines is 2. The highest BCUT2D eigenvalue weighted by molar-refractivity contribution is 5.90. The zero-order valence-electron chi connectivity index (χ0n) is 8.75. The molecular weight excluding hydrogens is 224 g/mol. The molecule has 17 heavy (non-hydrogen) atoms. The second-order valence-corrected chi connectivity index (χ2v) is 3.31. The molecule has 0 aliphatic rings. The first-order valence-corrected chi connectivity index (χ1v) is 4.79. The number of carboxylic acid groups (broad SMARTS) is 1. The van der Waals surface area contributed by atoms with Crippen molar-refractivity contribution in [1.82, 2.24) is 10.1 Å². The highest BCUT2D eigenvalue weighted by Gasteiger charge is 2.06. The number of hydrogen-bond donors (Lipinski definition) is 3. The van der Waals surface area contributed by atoms with Crippen molar-refractivity contribution in [1.29, 1.82) is 0 Å². The molecule has 7 heteroatoms. The quantitative estimate of drug-likeness (QED) is 0.675. The van der Waals surface area contributed by atoms with E-state index in [1.54, 1.807) is 6.07 Å². The summed E-state index contributed by atoms with van der Waals surface area (Å²) in [6, 6.07) is 4.46. The number of benzene rings is 1. The van der Waals surface area contributed by atoms with Crippen LogP contribution in [0.4, 0.5) is 11.4 Å². The number of aromatic nitrogens is 2. The zero-order chi connectivity index (χ0) is 12.3. The van der Waals surface area contributed by atoms with E-state index in [-0.39, 0.29) is 5.56 Å². The lowest BCUT2D eigenvalue weighted by molar-refractivity contribution is 0.0697. The lowest BCUT2D eigenvalue weighted by Gasteiger charge is -2.07. The van der Waals surface area contributed by atoms with Gasteiger partial charge >= 0.3 is 5.97 Å². The van der Waals surface area contributed by atoms with Gasteiger partial charge < -0.3 is 20.7 Å². The van der Waals surface area contributed by atoms with Crippen LogP contribution in [0.3, 0.4) is 0 Å². The molecule has 0 amide bonds. The molecule has 0 radical (unpaired) electrons. The van der Waals surface area contributed by atoms with E-state index in [2.05, 4.69) is 20.0 Å². The molecule has 0 bridgehead atoms. The van der Waals surface area contributed by atoms with Crippen molar-refractivity contribution in [2.75, 3.05) is 11.1 Å². The second kappa shape index (κ2) is 4.52. The number of hydrogen-bond acceptors (Lipinski definition) is 6. The van der Waals surface area contributed by atoms with Crippen LogP contribution in [-0.2, 0) is 6.54 Å². The molecule has 0 spiro atoms. The third-order valence-corrected chi connectivity index (χ3v) is 2.14. The lowest BCUT2D eigenvalue weighted by atomic mass is 10.2. The fraction of sp³-hybridized carbons (Fsp3) is 0.100. The van der Waals surface area contributed by atoms with Gasteiger partial charge in [-0.1, -0.05) is 5.16 Å². The molecule has 0 unspecified atom stereocenters. The minimum absolute atomic E-state index is 0.146. The Hall–Kier alpha value is -2.57. The monoisotopic (exact) mass is 234 g/mol. The van der Waals surface area contributed by atoms with Gasteiger partial charge in [-0.15, -0.1) is 0 Å². The van der Waals surface area contributed by atoms with Crippen LogP contribution in [0.25, 0.3) is 0 Å². The minimum Gasteiger partial charge on any atom is -0.478 e. The molecule has 4 N–H and O–H groups in total. The van der Waals surface area contributed by atoms with Crippen molar-refractivity contribution in [3.63, 3.8) is 0 Å². The Morgan fingerprint density at radius 2 is 2.35 bits per heavy atom. The van der Waals surface area contributed by atoms with Crippen molar-refractivity contribution in [3.05, 3.63) is 36.0 Å². The van der Waals surface area contributed by atoms with E-state index in [9.17, 15) is 4.79 Å². The molecule has 1 aromatic heterocycles. The molecule has 1 aromatic carbocycles. The van der Waals surface area contributed by atoms with Crippen LogP contribution in [0, 0.1) is 0 Å². The topological polar surface area (TPSA) is 114 Å². The number of aromatic carboxylic acids is 1. The lowest BCUT2D eigenvalue weighted by Crippen LogP contribution is -2.05. The largest absolute Gasteiger partial charge is 0.478 e. The van der Waals surface area contributed by atoms with Crippen molar-refractivity contribution in [2.45, 2.75) is 6.54 Å². The van der Waals surface area contributed by atoms with E-state index in [1.165, 1.54) is 18.5 Å². The predicted molar refractivity (Wildman–Crippen MR) is 59.4 cm³/mol. The summed E-state index contributed by atoms with van der Waals surface area (Å²) in [5.74, 6) is -0.520. The van der Waals surface area contributed by atoms with Gasteiger partial charge in [0.2, 0.25) is 6.39 Å². The molecule has 0 aliphatic heterocycles. The van der Waals surface area contributed by atoms with Crippen molar-refractivity contribution in [2.24, 2.45) is 0 Å². The minimum atomic E-state index is -1.01. The second-order valence-electron chi connectivity index (χ2n) is 3.31. The third-order valence-electron chi connectivity index (χ3n) is 2.14. The SMILES string of the molecule is Nc1cc(C(=O)O)ccc1NCc1ncon1. The Bertz CT molecular complexity index is 524. The Balaban J connectivity index is 2.09. The van der Waals surface area contributed by atoms with E-state index >= 15 is 0 Å². The molecule has 0 saturated carbocycles. The van der Waals surface area contributed by atoms with Crippen molar-refractivity contribution >= 4 is 17.3 Å². The maximum atomic E-state index is 10.7. The fourth-order valence-corrected chi connectivity index (χ4v) is 1.30. The van der Waals surface area contributed by atoms with Crippen LogP contribution in [0.15, 0.2) is 29.1 Å². The number of nitrogens with one attached hydrogen (secondary N) is 1. The van der Waals surface area contributed by atoms with E-state index in [0.29, 0.717) is 23.7 Å². The number of rotatable bonds is 4. The third kappa shape index (κ3) is 2.51. The van der Waals surface area contributed by atoms with Gasteiger partial charge in [0.1, 0.15) is 0 Å². The van der Waals surface area contributed by atoms with Gasteiger partial charge in [0.05, 0.1) is 23.5 Å². The molecule has 7 nitrogen and oxygen atoms in total. The molecule has 0 saturated heterocycles. The maximum Gasteiger partial charge on any atom is 0.335 e. The highest BCUT2D eigenvalue weighted by Crippen LogP contribution is 2.20. The first kappa shape index (κ1) is 10.9. The summed E-state index contributed by atoms with van der Waals surface area (Å²) < 4.78 is 4.57. The Kier molecular flexibility index (Phi) is 2.91. The van der Waals surface area contributed by atoms with Gasteiger partial charge in [-0.05, 0) is 18.2 Å². The summed E-state index contributed by atoms with van der Waals surface area (Å²) in [5, 5.41) is 15.4. The summed E-state index contributed by atoms with van der Waals surface area (Å²) in [4.78, 5) is 14.5. The molecular formula is C10H10N4O3. The average Bonchev–Trinajstić information content (AvgIpc) is 2.80. The number of carboxylic acids is 1. The number of carbonyl (C=O) groups is 1. The molecule has 0 atom stereocenters. The first-order chi connectivity index (χ1) is 8.16. The van der Waals surface area contributed by atoms with Gasteiger partial charge in [0.25, 0.3) is 0 Å². The molecule has 0 aliphatic carbocycles. The first-order valence-electron chi connectivity index (χ1n) is 4.79. The van der Waals surface area contributed by atoms with Gasteiger partial charge in [-0.25, -0.2) is 4.79 Å². The van der Waals surface area contributed by atoms with E-state index in [0.717, 1.165) is 0 Å². The van der Waals surface area contributed by atoms with Crippen LogP contribution >= 0.6 is 0 Å². The summed E-state index contributed by atoms with van der Waals surface area (Å²) >= 11 is 0. The molecule has 0 fully saturated rings. The van der Waals surface area contributed by atoms with Gasteiger partial charge in [-0.3, -0.25) is 0 Å². The average molecular weight is 234 g/mol. The van der Waals surface area contributed by atoms with E-state index < -0.39 is 5.97 Å². The van der Waals surface area contributed by atoms with Crippen LogP contribution in [-0.4, -0.2) is 21.2 Å². The van der Waals surface area contributed by atoms with Gasteiger partial charge in [0, 0.05) is 0 Å². The van der Waals surface area contributed by atoms with Crippen molar-refractivity contribution < 1.29 is 14.4 Å². The molecule has 2 rings (SSSR count). The summed E-state index contributed by atoms with van der Waals surface area (Å²) in [6.07, 6.45) is 1.23. The van der Waals surface area contributed by atoms with Crippen LogP contribution < -0.4 is 11.1 Å². The Morgan fingerprint density at radius 3 is 2.94 bits per heavy atom. The normalized spacial score (nSPS) is 10.1. The summed E-state index contributed by atoms with van der Waals surface area (Å²) in [7, 11) is 0. The maximum absolute atomic E-state index is 10.7. The van der Waals surface area contributed by atoms with Gasteiger partial charge in [-0.2, -0.15) is 4.98 Å². The molecule has 2 aromatic rings. The molecule has 88 valence electrons. The number of nitrogen functional groups attached to an aromatic ring is 1. The van der Waals surface area contributed by atoms with Gasteiger partial charge in [0.15, 0.2) is 5.82 Å². The van der Waals surface area contributed by atoms with Crippen LogP contribution in [0.1, 0.15) is 16.2 Å². The van der Waals surface area contributed by atoms with E-state index in [1.807, 2.05) is 0 Å². The predicted octanol–water partition coefficient (Wildman–Crippen LogP) is 0.962. The molecule has 1 heterocycles. The summed E-state index contributed by atoms with van der Waals surface area (Å²) in [5.41, 5.74) is 6.83. The summed E-state index contributed by atoms with van der Waals surface area (Å²) in [6.45, 7) is 0.354. The van der Waals surface area contributed by atoms with E-state index in [4.69, 9.17) is 10.8 Å². The number of nitrogens with zero attached hydrogens (tertiary/aromatic N) is 2. The van der Waals surface area contributed by atoms with Crippen LogP contribution in [0.2, 0.25) is 0 Å².